The third-order valence-corrected chi connectivity index (χ3v) is 4.55. The lowest BCUT2D eigenvalue weighted by Crippen LogP contribution is -2.06. The number of nitrogens with one attached hydrogen (secondary N) is 3. The molecule has 0 saturated heterocycles. The van der Waals surface area contributed by atoms with Gasteiger partial charge in [-0.25, -0.2) is 15.0 Å². The van der Waals surface area contributed by atoms with E-state index in [0.29, 0.717) is 11.5 Å². The maximum absolute atomic E-state index is 11.6. The van der Waals surface area contributed by atoms with E-state index in [2.05, 4.69) is 43.2 Å². The van der Waals surface area contributed by atoms with E-state index in [9.17, 15) is 4.79 Å². The maximum atomic E-state index is 11.6. The number of anilines is 2. The van der Waals surface area contributed by atoms with E-state index in [1.54, 1.807) is 6.20 Å². The molecule has 1 amide bonds. The number of rotatable bonds is 5. The van der Waals surface area contributed by atoms with Gasteiger partial charge in [-0.3, -0.25) is 4.79 Å². The van der Waals surface area contributed by atoms with Crippen molar-refractivity contribution in [1.82, 2.24) is 19.9 Å². The van der Waals surface area contributed by atoms with Crippen LogP contribution >= 0.6 is 0 Å². The van der Waals surface area contributed by atoms with Crippen LogP contribution in [0.15, 0.2) is 61.4 Å². The summed E-state index contributed by atoms with van der Waals surface area (Å²) < 4.78 is 0. The molecule has 0 fully saturated rings. The van der Waals surface area contributed by atoms with Crippen LogP contribution in [0, 0.1) is 6.92 Å². The zero-order valence-electron chi connectivity index (χ0n) is 16.2. The van der Waals surface area contributed by atoms with Crippen molar-refractivity contribution in [2.45, 2.75) is 6.92 Å². The number of hydrogen-bond donors (Lipinski definition) is 3. The number of carbonyl (C=O) groups excluding carboxylic acids is 1. The Hall–Kier alpha value is -4.00. The zero-order valence-corrected chi connectivity index (χ0v) is 16.2. The monoisotopic (exact) mass is 384 g/mol. The zero-order chi connectivity index (χ0) is 20.4. The summed E-state index contributed by atoms with van der Waals surface area (Å²) >= 11 is 0. The lowest BCUT2D eigenvalue weighted by Gasteiger charge is -2.07. The second-order valence-corrected chi connectivity index (χ2v) is 6.53. The molecule has 0 aliphatic heterocycles. The molecular formula is C22H20N6O. The first-order valence-electron chi connectivity index (χ1n) is 9.12. The number of carbonyl (C=O) groups is 1. The number of amides is 1. The van der Waals surface area contributed by atoms with Crippen molar-refractivity contribution in [3.63, 3.8) is 0 Å². The smallest absolute Gasteiger partial charge is 0.247 e. The summed E-state index contributed by atoms with van der Waals surface area (Å²) in [4.78, 5) is 28.3. The van der Waals surface area contributed by atoms with Gasteiger partial charge in [-0.05, 0) is 36.8 Å². The second-order valence-electron chi connectivity index (χ2n) is 6.53. The number of benzene rings is 1. The maximum Gasteiger partial charge on any atom is 0.247 e. The molecule has 3 N–H and O–H groups in total. The van der Waals surface area contributed by atoms with Gasteiger partial charge in [0.05, 0.1) is 5.69 Å². The summed E-state index contributed by atoms with van der Waals surface area (Å²) in [6.07, 6.45) is 4.96. The van der Waals surface area contributed by atoms with Crippen LogP contribution < -0.4 is 10.6 Å². The molecular weight excluding hydrogens is 364 g/mol. The molecule has 7 heteroatoms. The van der Waals surface area contributed by atoms with Crippen LogP contribution in [-0.4, -0.2) is 32.9 Å². The first-order chi connectivity index (χ1) is 14.1. The average molecular weight is 384 g/mol. The highest BCUT2D eigenvalue weighted by atomic mass is 16.1. The summed E-state index contributed by atoms with van der Waals surface area (Å²) in [6.45, 7) is 5.35. The summed E-state index contributed by atoms with van der Waals surface area (Å²) in [5.41, 5.74) is 5.14. The van der Waals surface area contributed by atoms with Crippen molar-refractivity contribution in [3.05, 3.63) is 67.3 Å². The van der Waals surface area contributed by atoms with Crippen molar-refractivity contribution < 1.29 is 4.79 Å². The van der Waals surface area contributed by atoms with E-state index >= 15 is 0 Å². The molecule has 0 radical (unpaired) electrons. The minimum absolute atomic E-state index is 0.247. The second kappa shape index (κ2) is 7.55. The fourth-order valence-corrected chi connectivity index (χ4v) is 3.18. The predicted octanol–water partition coefficient (Wildman–Crippen LogP) is 4.16. The molecule has 29 heavy (non-hydrogen) atoms. The highest BCUT2D eigenvalue weighted by Gasteiger charge is 2.12. The van der Waals surface area contributed by atoms with Gasteiger partial charge in [-0.15, -0.1) is 0 Å². The van der Waals surface area contributed by atoms with Gasteiger partial charge in [0, 0.05) is 47.7 Å². The van der Waals surface area contributed by atoms with Crippen LogP contribution in [0.2, 0.25) is 0 Å². The Morgan fingerprint density at radius 1 is 1.17 bits per heavy atom. The molecule has 0 unspecified atom stereocenters. The number of nitrogens with zero attached hydrogens (tertiary/aromatic N) is 3. The molecule has 1 aromatic carbocycles. The van der Waals surface area contributed by atoms with Crippen molar-refractivity contribution in [2.24, 2.45) is 0 Å². The molecule has 0 bridgehead atoms. The SMILES string of the molecule is C=CC(=O)Nc1cccc(-c2cnc3[nH]cc(-c4cc(NC)nc(C)n4)c3c2)c1. The van der Waals surface area contributed by atoms with E-state index < -0.39 is 0 Å². The van der Waals surface area contributed by atoms with E-state index in [-0.39, 0.29) is 5.91 Å². The summed E-state index contributed by atoms with van der Waals surface area (Å²) in [6, 6.07) is 11.6. The Morgan fingerprint density at radius 2 is 2.03 bits per heavy atom. The number of aromatic amines is 1. The van der Waals surface area contributed by atoms with Gasteiger partial charge in [0.2, 0.25) is 5.91 Å². The number of aromatic nitrogens is 4. The molecule has 0 aliphatic carbocycles. The minimum atomic E-state index is -0.247. The summed E-state index contributed by atoms with van der Waals surface area (Å²) in [5, 5.41) is 6.81. The lowest BCUT2D eigenvalue weighted by atomic mass is 10.0. The normalized spacial score (nSPS) is 10.7. The van der Waals surface area contributed by atoms with Gasteiger partial charge in [-0.1, -0.05) is 18.7 Å². The molecule has 144 valence electrons. The van der Waals surface area contributed by atoms with Gasteiger partial charge in [-0.2, -0.15) is 0 Å². The van der Waals surface area contributed by atoms with Gasteiger partial charge in [0.25, 0.3) is 0 Å². The third-order valence-electron chi connectivity index (χ3n) is 4.55. The van der Waals surface area contributed by atoms with Crippen LogP contribution in [0.5, 0.6) is 0 Å². The molecule has 0 atom stereocenters. The first kappa shape index (κ1) is 18.4. The number of H-pyrrole nitrogens is 1. The van der Waals surface area contributed by atoms with Crippen molar-refractivity contribution in [2.75, 3.05) is 17.7 Å². The Bertz CT molecular complexity index is 1230. The molecule has 4 rings (SSSR count). The molecule has 0 spiro atoms. The number of pyridine rings is 1. The fourth-order valence-electron chi connectivity index (χ4n) is 3.18. The van der Waals surface area contributed by atoms with E-state index in [0.717, 1.165) is 39.2 Å². The minimum Gasteiger partial charge on any atom is -0.373 e. The lowest BCUT2D eigenvalue weighted by molar-refractivity contribution is -0.111. The quantitative estimate of drug-likeness (QED) is 0.449. The fraction of sp³-hybridized carbons (Fsp3) is 0.0909. The summed E-state index contributed by atoms with van der Waals surface area (Å²) in [5.74, 6) is 1.20. The Balaban J connectivity index is 1.78. The molecule has 4 aromatic rings. The highest BCUT2D eigenvalue weighted by Crippen LogP contribution is 2.31. The van der Waals surface area contributed by atoms with Gasteiger partial charge in [0.15, 0.2) is 0 Å². The molecule has 3 heterocycles. The highest BCUT2D eigenvalue weighted by molar-refractivity contribution is 5.99. The number of aryl methyl sites for hydroxylation is 1. The van der Waals surface area contributed by atoms with Crippen molar-refractivity contribution in [1.29, 1.82) is 0 Å². The largest absolute Gasteiger partial charge is 0.373 e. The van der Waals surface area contributed by atoms with E-state index in [1.807, 2.05) is 50.5 Å². The van der Waals surface area contributed by atoms with Crippen LogP contribution in [0.25, 0.3) is 33.4 Å². The van der Waals surface area contributed by atoms with Gasteiger partial charge in [0.1, 0.15) is 17.3 Å². The Morgan fingerprint density at radius 3 is 2.83 bits per heavy atom. The standard InChI is InChI=1S/C22H20N6O/c1-4-21(29)28-16-7-5-6-14(8-16)15-9-17-18(12-25-22(17)24-11-15)19-10-20(23-3)27-13(2)26-19/h4-12H,1H2,2-3H3,(H,24,25)(H,28,29)(H,23,26,27). The van der Waals surface area contributed by atoms with Crippen molar-refractivity contribution >= 4 is 28.4 Å². The van der Waals surface area contributed by atoms with Crippen LogP contribution in [0.3, 0.4) is 0 Å². The number of fused-ring (bicyclic) bond motifs is 1. The summed E-state index contributed by atoms with van der Waals surface area (Å²) in [7, 11) is 1.83. The molecule has 7 nitrogen and oxygen atoms in total. The van der Waals surface area contributed by atoms with Gasteiger partial charge >= 0.3 is 0 Å². The van der Waals surface area contributed by atoms with Crippen LogP contribution in [-0.2, 0) is 4.79 Å². The Labute approximate surface area is 167 Å². The Kier molecular flexibility index (Phi) is 4.78. The van der Waals surface area contributed by atoms with Gasteiger partial charge < -0.3 is 15.6 Å². The average Bonchev–Trinajstić information content (AvgIpc) is 3.16. The van der Waals surface area contributed by atoms with Crippen LogP contribution in [0.1, 0.15) is 5.82 Å². The predicted molar refractivity (Wildman–Crippen MR) is 116 cm³/mol. The number of hydrogen-bond acceptors (Lipinski definition) is 5. The van der Waals surface area contributed by atoms with E-state index in [1.165, 1.54) is 6.08 Å². The third kappa shape index (κ3) is 3.70. The van der Waals surface area contributed by atoms with Crippen LogP contribution in [0.4, 0.5) is 11.5 Å². The molecule has 0 aliphatic rings. The van der Waals surface area contributed by atoms with E-state index in [4.69, 9.17) is 0 Å². The molecule has 0 saturated carbocycles. The first-order valence-corrected chi connectivity index (χ1v) is 9.12. The van der Waals surface area contributed by atoms with Crippen molar-refractivity contribution in [3.8, 4) is 22.4 Å². The molecule has 3 aromatic heterocycles. The topological polar surface area (TPSA) is 95.6 Å².